The standard InChI is InChI=1S/C12H19ClOSi/c1-14-11-5-7-12(8-6-11)15(2,3)10-4-9-13/h5-8H,4,9-10H2,1-3H3. The minimum Gasteiger partial charge on any atom is -0.497 e. The summed E-state index contributed by atoms with van der Waals surface area (Å²) >= 11 is 5.74. The highest BCUT2D eigenvalue weighted by atomic mass is 35.5. The van der Waals surface area contributed by atoms with Gasteiger partial charge in [0.05, 0.1) is 15.2 Å². The van der Waals surface area contributed by atoms with Gasteiger partial charge >= 0.3 is 0 Å². The number of rotatable bonds is 5. The van der Waals surface area contributed by atoms with Crippen LogP contribution in [0.25, 0.3) is 0 Å². The molecule has 0 fully saturated rings. The molecule has 0 aromatic heterocycles. The second-order valence-corrected chi connectivity index (χ2v) is 9.63. The molecule has 1 aromatic rings. The number of hydrogen-bond donors (Lipinski definition) is 0. The van der Waals surface area contributed by atoms with Crippen molar-refractivity contribution in [3.63, 3.8) is 0 Å². The zero-order valence-electron chi connectivity index (χ0n) is 9.72. The molecule has 84 valence electrons. The van der Waals surface area contributed by atoms with E-state index in [1.165, 1.54) is 11.2 Å². The van der Waals surface area contributed by atoms with E-state index in [9.17, 15) is 0 Å². The van der Waals surface area contributed by atoms with Gasteiger partial charge in [0.2, 0.25) is 0 Å². The van der Waals surface area contributed by atoms with Gasteiger partial charge in [-0.2, -0.15) is 0 Å². The summed E-state index contributed by atoms with van der Waals surface area (Å²) < 4.78 is 5.16. The summed E-state index contributed by atoms with van der Waals surface area (Å²) in [6, 6.07) is 9.73. The molecule has 0 saturated heterocycles. The Kier molecular flexibility index (Phi) is 4.67. The van der Waals surface area contributed by atoms with Crippen molar-refractivity contribution < 1.29 is 4.74 Å². The molecule has 0 N–H and O–H groups in total. The van der Waals surface area contributed by atoms with Crippen molar-refractivity contribution in [3.8, 4) is 5.75 Å². The van der Waals surface area contributed by atoms with Crippen molar-refractivity contribution in [1.29, 1.82) is 0 Å². The second kappa shape index (κ2) is 5.57. The van der Waals surface area contributed by atoms with Crippen molar-refractivity contribution in [2.45, 2.75) is 25.6 Å². The lowest BCUT2D eigenvalue weighted by atomic mass is 10.3. The molecule has 0 aliphatic rings. The van der Waals surface area contributed by atoms with Gasteiger partial charge in [-0.15, -0.1) is 11.6 Å². The lowest BCUT2D eigenvalue weighted by molar-refractivity contribution is 0.415. The quantitative estimate of drug-likeness (QED) is 0.569. The highest BCUT2D eigenvalue weighted by molar-refractivity contribution is 6.89. The Morgan fingerprint density at radius 2 is 1.80 bits per heavy atom. The van der Waals surface area contributed by atoms with Crippen LogP contribution >= 0.6 is 11.6 Å². The predicted molar refractivity (Wildman–Crippen MR) is 70.3 cm³/mol. The predicted octanol–water partition coefficient (Wildman–Crippen LogP) is 3.24. The molecule has 0 unspecified atom stereocenters. The van der Waals surface area contributed by atoms with Crippen LogP contribution in [0, 0.1) is 0 Å². The highest BCUT2D eigenvalue weighted by Crippen LogP contribution is 2.15. The molecule has 0 heterocycles. The fourth-order valence-corrected chi connectivity index (χ4v) is 4.47. The largest absolute Gasteiger partial charge is 0.497 e. The van der Waals surface area contributed by atoms with Gasteiger partial charge in [-0.25, -0.2) is 0 Å². The molecule has 1 aromatic carbocycles. The Morgan fingerprint density at radius 3 is 2.27 bits per heavy atom. The normalized spacial score (nSPS) is 11.5. The lowest BCUT2D eigenvalue weighted by Gasteiger charge is -2.22. The summed E-state index contributed by atoms with van der Waals surface area (Å²) in [5, 5.41) is 1.48. The molecule has 0 bridgehead atoms. The number of alkyl halides is 1. The van der Waals surface area contributed by atoms with Crippen LogP contribution in [-0.2, 0) is 0 Å². The highest BCUT2D eigenvalue weighted by Gasteiger charge is 2.22. The molecule has 15 heavy (non-hydrogen) atoms. The molecule has 1 nitrogen and oxygen atoms in total. The average Bonchev–Trinajstić information content (AvgIpc) is 2.26. The number of halogens is 1. The zero-order chi connectivity index (χ0) is 11.3. The van der Waals surface area contributed by atoms with Crippen LogP contribution in [0.1, 0.15) is 6.42 Å². The Labute approximate surface area is 98.4 Å². The van der Waals surface area contributed by atoms with E-state index in [4.69, 9.17) is 16.3 Å². The molecule has 0 amide bonds. The van der Waals surface area contributed by atoms with E-state index in [0.29, 0.717) is 0 Å². The molecule has 0 radical (unpaired) electrons. The Balaban J connectivity index is 2.75. The first kappa shape index (κ1) is 12.6. The van der Waals surface area contributed by atoms with Gasteiger partial charge in [0, 0.05) is 5.88 Å². The van der Waals surface area contributed by atoms with E-state index in [1.807, 2.05) is 12.1 Å². The third kappa shape index (κ3) is 3.54. The van der Waals surface area contributed by atoms with Crippen LogP contribution < -0.4 is 9.92 Å². The fourth-order valence-electron chi connectivity index (χ4n) is 1.70. The summed E-state index contributed by atoms with van der Waals surface area (Å²) in [5.74, 6) is 1.70. The third-order valence-corrected chi connectivity index (χ3v) is 6.57. The monoisotopic (exact) mass is 242 g/mol. The Bertz CT molecular complexity index is 295. The summed E-state index contributed by atoms with van der Waals surface area (Å²) in [7, 11) is 0.423. The zero-order valence-corrected chi connectivity index (χ0v) is 11.5. The van der Waals surface area contributed by atoms with E-state index in [1.54, 1.807) is 7.11 Å². The summed E-state index contributed by atoms with van der Waals surface area (Å²) in [6.07, 6.45) is 1.12. The van der Waals surface area contributed by atoms with E-state index in [2.05, 4.69) is 25.2 Å². The van der Waals surface area contributed by atoms with Crippen molar-refractivity contribution in [3.05, 3.63) is 24.3 Å². The molecular formula is C12H19ClOSi. The molecule has 3 heteroatoms. The van der Waals surface area contributed by atoms with Crippen molar-refractivity contribution in [1.82, 2.24) is 0 Å². The van der Waals surface area contributed by atoms with Gasteiger partial charge in [-0.05, 0) is 18.6 Å². The summed E-state index contributed by atoms with van der Waals surface area (Å²) in [5.41, 5.74) is 0. The minimum atomic E-state index is -1.28. The van der Waals surface area contributed by atoms with Gasteiger partial charge in [-0.1, -0.05) is 36.5 Å². The van der Waals surface area contributed by atoms with Crippen LogP contribution in [-0.4, -0.2) is 21.1 Å². The van der Waals surface area contributed by atoms with Crippen LogP contribution in [0.2, 0.25) is 19.1 Å². The fraction of sp³-hybridized carbons (Fsp3) is 0.500. The van der Waals surface area contributed by atoms with Crippen molar-refractivity contribution in [2.24, 2.45) is 0 Å². The maximum Gasteiger partial charge on any atom is 0.118 e. The lowest BCUT2D eigenvalue weighted by Crippen LogP contribution is -2.40. The van der Waals surface area contributed by atoms with E-state index in [0.717, 1.165) is 18.1 Å². The molecule has 0 atom stereocenters. The van der Waals surface area contributed by atoms with Gasteiger partial charge in [-0.3, -0.25) is 0 Å². The third-order valence-electron chi connectivity index (χ3n) is 2.81. The van der Waals surface area contributed by atoms with E-state index in [-0.39, 0.29) is 0 Å². The maximum absolute atomic E-state index is 5.74. The first-order valence-electron chi connectivity index (χ1n) is 5.30. The Morgan fingerprint density at radius 1 is 1.20 bits per heavy atom. The average molecular weight is 243 g/mol. The molecule has 0 saturated carbocycles. The van der Waals surface area contributed by atoms with Gasteiger partial charge in [0.25, 0.3) is 0 Å². The molecule has 0 aliphatic heterocycles. The number of ether oxygens (including phenoxy) is 1. The van der Waals surface area contributed by atoms with Crippen LogP contribution in [0.15, 0.2) is 24.3 Å². The smallest absolute Gasteiger partial charge is 0.118 e. The number of hydrogen-bond acceptors (Lipinski definition) is 1. The van der Waals surface area contributed by atoms with Crippen LogP contribution in [0.4, 0.5) is 0 Å². The first-order chi connectivity index (χ1) is 7.10. The SMILES string of the molecule is COc1ccc([Si](C)(C)CCCCl)cc1. The maximum atomic E-state index is 5.74. The van der Waals surface area contributed by atoms with Gasteiger partial charge in [0.1, 0.15) is 5.75 Å². The van der Waals surface area contributed by atoms with Gasteiger partial charge in [0.15, 0.2) is 0 Å². The summed E-state index contributed by atoms with van der Waals surface area (Å²) in [4.78, 5) is 0. The molecule has 1 rings (SSSR count). The molecular weight excluding hydrogens is 224 g/mol. The number of methoxy groups -OCH3 is 1. The summed E-state index contributed by atoms with van der Waals surface area (Å²) in [6.45, 7) is 4.78. The van der Waals surface area contributed by atoms with Crippen molar-refractivity contribution in [2.75, 3.05) is 13.0 Å². The van der Waals surface area contributed by atoms with Crippen LogP contribution in [0.3, 0.4) is 0 Å². The van der Waals surface area contributed by atoms with Crippen molar-refractivity contribution >= 4 is 24.9 Å². The topological polar surface area (TPSA) is 9.23 Å². The van der Waals surface area contributed by atoms with Crippen LogP contribution in [0.5, 0.6) is 5.75 Å². The molecule has 0 aliphatic carbocycles. The van der Waals surface area contributed by atoms with E-state index >= 15 is 0 Å². The minimum absolute atomic E-state index is 0.770. The second-order valence-electron chi connectivity index (χ2n) is 4.40. The van der Waals surface area contributed by atoms with E-state index < -0.39 is 8.07 Å². The van der Waals surface area contributed by atoms with Gasteiger partial charge < -0.3 is 4.74 Å². The molecule has 0 spiro atoms. The number of benzene rings is 1. The Hall–Kier alpha value is -0.473. The first-order valence-corrected chi connectivity index (χ1v) is 9.05.